The highest BCUT2D eigenvalue weighted by Crippen LogP contribution is 1.94. The maximum atomic E-state index is 3.22. The van der Waals surface area contributed by atoms with E-state index in [0.717, 1.165) is 13.0 Å². The summed E-state index contributed by atoms with van der Waals surface area (Å²) < 4.78 is 0. The predicted molar refractivity (Wildman–Crippen MR) is 44.6 cm³/mol. The smallest absolute Gasteiger partial charge is 0.0727 e. The van der Waals surface area contributed by atoms with Crippen LogP contribution in [-0.2, 0) is 0 Å². The molecule has 0 aromatic carbocycles. The molecule has 10 heavy (non-hydrogen) atoms. The highest BCUT2D eigenvalue weighted by atomic mass is 15.5. The molecule has 0 bridgehead atoms. The first-order chi connectivity index (χ1) is 4.79. The summed E-state index contributed by atoms with van der Waals surface area (Å²) in [5, 5.41) is 5.38. The van der Waals surface area contributed by atoms with Gasteiger partial charge in [0.1, 0.15) is 0 Å². The van der Waals surface area contributed by atoms with Gasteiger partial charge in [-0.15, -0.1) is 0 Å². The van der Waals surface area contributed by atoms with Gasteiger partial charge in [0.25, 0.3) is 0 Å². The molecule has 1 unspecified atom stereocenters. The molecule has 62 valence electrons. The summed E-state index contributed by atoms with van der Waals surface area (Å²) in [6, 6.07) is 0. The van der Waals surface area contributed by atoms with E-state index in [1.54, 1.807) is 0 Å². The zero-order valence-corrected chi connectivity index (χ0v) is 7.44. The van der Waals surface area contributed by atoms with E-state index in [2.05, 4.69) is 29.6 Å². The number of nitrogens with zero attached hydrogens (tertiary/aromatic N) is 1. The zero-order chi connectivity index (χ0) is 7.98. The van der Waals surface area contributed by atoms with Crippen LogP contribution >= 0.6 is 0 Å². The van der Waals surface area contributed by atoms with E-state index in [1.165, 1.54) is 0 Å². The molecule has 0 aromatic heterocycles. The molecule has 0 aliphatic rings. The van der Waals surface area contributed by atoms with Crippen molar-refractivity contribution in [3.05, 3.63) is 0 Å². The molecule has 0 spiro atoms. The molecular formula is C7H19N3. The largest absolute Gasteiger partial charge is 0.304 e. The molecule has 0 saturated carbocycles. The van der Waals surface area contributed by atoms with Gasteiger partial charge in [-0.1, -0.05) is 13.8 Å². The summed E-state index contributed by atoms with van der Waals surface area (Å²) in [4.78, 5) is 0. The van der Waals surface area contributed by atoms with Crippen LogP contribution in [0.3, 0.4) is 0 Å². The fourth-order valence-electron chi connectivity index (χ4n) is 1.11. The highest BCUT2D eigenvalue weighted by Gasteiger charge is 2.09. The Morgan fingerprint density at radius 2 is 1.90 bits per heavy atom. The number of hydrazine groups is 1. The molecule has 3 nitrogen and oxygen atoms in total. The highest BCUT2D eigenvalue weighted by molar-refractivity contribution is 4.59. The van der Waals surface area contributed by atoms with Crippen LogP contribution in [0.4, 0.5) is 0 Å². The van der Waals surface area contributed by atoms with E-state index in [0.29, 0.717) is 6.17 Å². The Labute approximate surface area is 63.8 Å². The van der Waals surface area contributed by atoms with Crippen molar-refractivity contribution in [2.75, 3.05) is 20.6 Å². The predicted octanol–water partition coefficient (Wildman–Crippen LogP) is 0.398. The second-order valence-corrected chi connectivity index (χ2v) is 2.22. The van der Waals surface area contributed by atoms with Crippen LogP contribution in [-0.4, -0.2) is 31.8 Å². The van der Waals surface area contributed by atoms with Gasteiger partial charge >= 0.3 is 0 Å². The molecule has 2 N–H and O–H groups in total. The zero-order valence-electron chi connectivity index (χ0n) is 7.44. The summed E-state index contributed by atoms with van der Waals surface area (Å²) in [5.74, 6) is 0. The third-order valence-electron chi connectivity index (χ3n) is 1.72. The van der Waals surface area contributed by atoms with Crippen LogP contribution in [0.5, 0.6) is 0 Å². The minimum Gasteiger partial charge on any atom is -0.304 e. The first kappa shape index (κ1) is 9.88. The Hall–Kier alpha value is -0.120. The summed E-state index contributed by atoms with van der Waals surface area (Å²) >= 11 is 0. The number of hydrogen-bond acceptors (Lipinski definition) is 3. The maximum Gasteiger partial charge on any atom is 0.0727 e. The monoisotopic (exact) mass is 145 g/mol. The van der Waals surface area contributed by atoms with Crippen LogP contribution < -0.4 is 10.7 Å². The van der Waals surface area contributed by atoms with Crippen molar-refractivity contribution in [3.8, 4) is 0 Å². The Morgan fingerprint density at radius 1 is 1.30 bits per heavy atom. The summed E-state index contributed by atoms with van der Waals surface area (Å²) in [5.41, 5.74) is 3.12. The molecule has 0 amide bonds. The van der Waals surface area contributed by atoms with Crippen molar-refractivity contribution in [1.29, 1.82) is 0 Å². The minimum atomic E-state index is 0.454. The lowest BCUT2D eigenvalue weighted by Crippen LogP contribution is -2.49. The Bertz CT molecular complexity index is 57.3. The molecule has 0 radical (unpaired) electrons. The van der Waals surface area contributed by atoms with Crippen LogP contribution in [0.15, 0.2) is 0 Å². The molecule has 3 heteroatoms. The molecule has 0 aliphatic carbocycles. The molecule has 0 aromatic rings. The van der Waals surface area contributed by atoms with Crippen molar-refractivity contribution >= 4 is 0 Å². The van der Waals surface area contributed by atoms with Gasteiger partial charge in [0.05, 0.1) is 6.17 Å². The molecule has 1 atom stereocenters. The Balaban J connectivity index is 3.70. The third-order valence-corrected chi connectivity index (χ3v) is 1.72. The van der Waals surface area contributed by atoms with E-state index >= 15 is 0 Å². The first-order valence-electron chi connectivity index (χ1n) is 3.91. The van der Waals surface area contributed by atoms with Crippen molar-refractivity contribution in [2.24, 2.45) is 0 Å². The van der Waals surface area contributed by atoms with Crippen LogP contribution in [0.25, 0.3) is 0 Å². The maximum absolute atomic E-state index is 3.22. The average molecular weight is 145 g/mol. The van der Waals surface area contributed by atoms with Gasteiger partial charge < -0.3 is 5.32 Å². The molecule has 0 rings (SSSR count). The second kappa shape index (κ2) is 5.65. The van der Waals surface area contributed by atoms with E-state index < -0.39 is 0 Å². The van der Waals surface area contributed by atoms with E-state index in [4.69, 9.17) is 0 Å². The lowest BCUT2D eigenvalue weighted by molar-refractivity contribution is 0.123. The van der Waals surface area contributed by atoms with Gasteiger partial charge in [0, 0.05) is 6.54 Å². The number of nitrogens with one attached hydrogen (secondary N) is 2. The SMILES string of the molecule is CCC(NC)N(CC)NC. The Morgan fingerprint density at radius 3 is 2.00 bits per heavy atom. The van der Waals surface area contributed by atoms with Gasteiger partial charge in [-0.2, -0.15) is 0 Å². The Kier molecular flexibility index (Phi) is 5.58. The standard InChI is InChI=1S/C7H19N3/c1-5-7(8-3)10(6-2)9-4/h7-9H,5-6H2,1-4H3. The van der Waals surface area contributed by atoms with Crippen LogP contribution in [0.1, 0.15) is 20.3 Å². The van der Waals surface area contributed by atoms with E-state index in [-0.39, 0.29) is 0 Å². The third kappa shape index (κ3) is 2.64. The first-order valence-corrected chi connectivity index (χ1v) is 3.91. The van der Waals surface area contributed by atoms with Crippen LogP contribution in [0, 0.1) is 0 Å². The van der Waals surface area contributed by atoms with Crippen molar-refractivity contribution < 1.29 is 0 Å². The summed E-state index contributed by atoms with van der Waals surface area (Å²) in [7, 11) is 3.93. The van der Waals surface area contributed by atoms with Crippen LogP contribution in [0.2, 0.25) is 0 Å². The van der Waals surface area contributed by atoms with E-state index in [1.807, 2.05) is 14.1 Å². The van der Waals surface area contributed by atoms with Gasteiger partial charge in [0.2, 0.25) is 0 Å². The summed E-state index contributed by atoms with van der Waals surface area (Å²) in [6.45, 7) is 5.33. The van der Waals surface area contributed by atoms with Crippen molar-refractivity contribution in [2.45, 2.75) is 26.4 Å². The molecule has 0 aliphatic heterocycles. The van der Waals surface area contributed by atoms with Crippen molar-refractivity contribution in [3.63, 3.8) is 0 Å². The molecule has 0 fully saturated rings. The normalized spacial score (nSPS) is 14.1. The second-order valence-electron chi connectivity index (χ2n) is 2.22. The fourth-order valence-corrected chi connectivity index (χ4v) is 1.11. The molecule has 0 heterocycles. The van der Waals surface area contributed by atoms with Crippen molar-refractivity contribution in [1.82, 2.24) is 15.8 Å². The van der Waals surface area contributed by atoms with Gasteiger partial charge in [0.15, 0.2) is 0 Å². The topological polar surface area (TPSA) is 27.3 Å². The number of rotatable bonds is 5. The van der Waals surface area contributed by atoms with Gasteiger partial charge in [-0.25, -0.2) is 5.01 Å². The summed E-state index contributed by atoms with van der Waals surface area (Å²) in [6.07, 6.45) is 1.57. The van der Waals surface area contributed by atoms with Gasteiger partial charge in [-0.05, 0) is 20.5 Å². The quantitative estimate of drug-likeness (QED) is 0.433. The van der Waals surface area contributed by atoms with Gasteiger partial charge in [-0.3, -0.25) is 5.43 Å². The fraction of sp³-hybridized carbons (Fsp3) is 1.00. The minimum absolute atomic E-state index is 0.454. The lowest BCUT2D eigenvalue weighted by atomic mass is 10.3. The van der Waals surface area contributed by atoms with E-state index in [9.17, 15) is 0 Å². The average Bonchev–Trinajstić information content (AvgIpc) is 2.00. The molecular weight excluding hydrogens is 126 g/mol. The number of hydrogen-bond donors (Lipinski definition) is 2. The lowest BCUT2D eigenvalue weighted by Gasteiger charge is -2.28. The molecule has 0 saturated heterocycles.